The van der Waals surface area contributed by atoms with Gasteiger partial charge in [0.1, 0.15) is 5.82 Å². The second-order valence-electron chi connectivity index (χ2n) is 4.13. The minimum absolute atomic E-state index is 0.00741. The van der Waals surface area contributed by atoms with E-state index in [0.29, 0.717) is 17.8 Å². The summed E-state index contributed by atoms with van der Waals surface area (Å²) in [6.45, 7) is 2.83. The number of anilines is 1. The van der Waals surface area contributed by atoms with Gasteiger partial charge < -0.3 is 5.32 Å². The summed E-state index contributed by atoms with van der Waals surface area (Å²) >= 11 is 0. The van der Waals surface area contributed by atoms with Crippen molar-refractivity contribution in [3.63, 3.8) is 0 Å². The van der Waals surface area contributed by atoms with Crippen LogP contribution in [-0.2, 0) is 16.6 Å². The summed E-state index contributed by atoms with van der Waals surface area (Å²) in [4.78, 5) is 0.00741. The standard InChI is InChI=1S/C12H15FN4O2S/c1-2-14-6-9-5-11(3-4-12(9)13)20(18,19)17-10-7-15-16-8-10/h3-5,7-8,14,17H,2,6H2,1H3,(H,15,16). The van der Waals surface area contributed by atoms with Gasteiger partial charge in [-0.15, -0.1) is 0 Å². The molecule has 20 heavy (non-hydrogen) atoms. The molecular weight excluding hydrogens is 283 g/mol. The van der Waals surface area contributed by atoms with Gasteiger partial charge >= 0.3 is 0 Å². The van der Waals surface area contributed by atoms with Crippen molar-refractivity contribution in [3.05, 3.63) is 42.0 Å². The van der Waals surface area contributed by atoms with Crippen LogP contribution in [0.25, 0.3) is 0 Å². The lowest BCUT2D eigenvalue weighted by Crippen LogP contribution is -2.16. The minimum atomic E-state index is -3.75. The molecule has 0 aliphatic carbocycles. The Morgan fingerprint density at radius 2 is 2.20 bits per heavy atom. The highest BCUT2D eigenvalue weighted by atomic mass is 32.2. The lowest BCUT2D eigenvalue weighted by atomic mass is 10.2. The maximum absolute atomic E-state index is 13.6. The Kier molecular flexibility index (Phi) is 4.35. The molecule has 1 aromatic carbocycles. The Bertz CT molecular complexity index is 671. The van der Waals surface area contributed by atoms with Crippen molar-refractivity contribution in [2.75, 3.05) is 11.3 Å². The molecule has 6 nitrogen and oxygen atoms in total. The number of aromatic nitrogens is 2. The largest absolute Gasteiger partial charge is 0.313 e. The second kappa shape index (κ2) is 6.02. The molecule has 0 atom stereocenters. The van der Waals surface area contributed by atoms with E-state index in [9.17, 15) is 12.8 Å². The van der Waals surface area contributed by atoms with Gasteiger partial charge in [0.25, 0.3) is 10.0 Å². The van der Waals surface area contributed by atoms with E-state index in [0.717, 1.165) is 6.07 Å². The smallest absolute Gasteiger partial charge is 0.262 e. The molecule has 0 aliphatic heterocycles. The predicted molar refractivity (Wildman–Crippen MR) is 73.2 cm³/mol. The summed E-state index contributed by atoms with van der Waals surface area (Å²) in [6.07, 6.45) is 2.77. The van der Waals surface area contributed by atoms with Crippen LogP contribution in [0.15, 0.2) is 35.5 Å². The first-order chi connectivity index (χ1) is 9.53. The van der Waals surface area contributed by atoms with E-state index in [4.69, 9.17) is 0 Å². The van der Waals surface area contributed by atoms with Crippen molar-refractivity contribution in [1.82, 2.24) is 15.5 Å². The molecule has 0 radical (unpaired) electrons. The summed E-state index contributed by atoms with van der Waals surface area (Å²) in [5.74, 6) is -0.437. The third kappa shape index (κ3) is 3.34. The molecule has 0 unspecified atom stereocenters. The zero-order valence-electron chi connectivity index (χ0n) is 10.9. The van der Waals surface area contributed by atoms with Crippen molar-refractivity contribution < 1.29 is 12.8 Å². The Balaban J connectivity index is 2.27. The normalized spacial score (nSPS) is 11.5. The van der Waals surface area contributed by atoms with Gasteiger partial charge in [-0.1, -0.05) is 6.92 Å². The fourth-order valence-corrected chi connectivity index (χ4v) is 2.72. The van der Waals surface area contributed by atoms with Gasteiger partial charge in [0.05, 0.1) is 16.8 Å². The number of nitrogens with one attached hydrogen (secondary N) is 3. The Morgan fingerprint density at radius 1 is 1.40 bits per heavy atom. The van der Waals surface area contributed by atoms with Gasteiger partial charge in [0, 0.05) is 18.3 Å². The van der Waals surface area contributed by atoms with E-state index in [1.165, 1.54) is 24.5 Å². The molecule has 1 aromatic heterocycles. The number of benzene rings is 1. The Morgan fingerprint density at radius 3 is 2.85 bits per heavy atom. The SMILES string of the molecule is CCNCc1cc(S(=O)(=O)Nc2cn[nH]c2)ccc1F. The van der Waals surface area contributed by atoms with Crippen molar-refractivity contribution in [1.29, 1.82) is 0 Å². The maximum atomic E-state index is 13.6. The van der Waals surface area contributed by atoms with Gasteiger partial charge in [0.2, 0.25) is 0 Å². The highest BCUT2D eigenvalue weighted by Gasteiger charge is 2.16. The van der Waals surface area contributed by atoms with Crippen LogP contribution in [0.4, 0.5) is 10.1 Å². The van der Waals surface area contributed by atoms with E-state index in [2.05, 4.69) is 20.2 Å². The van der Waals surface area contributed by atoms with Crippen LogP contribution in [0.3, 0.4) is 0 Å². The van der Waals surface area contributed by atoms with Crippen LogP contribution in [0.1, 0.15) is 12.5 Å². The summed E-state index contributed by atoms with van der Waals surface area (Å²) in [5.41, 5.74) is 0.629. The molecule has 0 saturated heterocycles. The first kappa shape index (κ1) is 14.5. The number of sulfonamides is 1. The highest BCUT2D eigenvalue weighted by Crippen LogP contribution is 2.18. The molecule has 2 rings (SSSR count). The molecule has 0 amide bonds. The Hall–Kier alpha value is -1.93. The summed E-state index contributed by atoms with van der Waals surface area (Å²) in [5, 5.41) is 9.11. The number of rotatable bonds is 6. The van der Waals surface area contributed by atoms with Crippen LogP contribution >= 0.6 is 0 Å². The molecule has 0 saturated carbocycles. The molecule has 0 spiro atoms. The van der Waals surface area contributed by atoms with Gasteiger partial charge in [-0.3, -0.25) is 9.82 Å². The van der Waals surface area contributed by atoms with Crippen LogP contribution in [0.2, 0.25) is 0 Å². The third-order valence-electron chi connectivity index (χ3n) is 2.64. The minimum Gasteiger partial charge on any atom is -0.313 e. The van der Waals surface area contributed by atoms with Crippen molar-refractivity contribution in [3.8, 4) is 0 Å². The second-order valence-corrected chi connectivity index (χ2v) is 5.81. The summed E-state index contributed by atoms with van der Waals surface area (Å²) < 4.78 is 40.2. The molecule has 8 heteroatoms. The Labute approximate surface area is 116 Å². The number of hydrogen-bond donors (Lipinski definition) is 3. The highest BCUT2D eigenvalue weighted by molar-refractivity contribution is 7.92. The van der Waals surface area contributed by atoms with Gasteiger partial charge in [-0.05, 0) is 24.7 Å². The van der Waals surface area contributed by atoms with Crippen molar-refractivity contribution in [2.24, 2.45) is 0 Å². The first-order valence-corrected chi connectivity index (χ1v) is 7.52. The number of aromatic amines is 1. The first-order valence-electron chi connectivity index (χ1n) is 6.03. The van der Waals surface area contributed by atoms with Crippen LogP contribution in [0.5, 0.6) is 0 Å². The van der Waals surface area contributed by atoms with Gasteiger partial charge in [-0.25, -0.2) is 12.8 Å². The van der Waals surface area contributed by atoms with Crippen LogP contribution in [0, 0.1) is 5.82 Å². The molecule has 0 aliphatic rings. The van der Waals surface area contributed by atoms with Crippen LogP contribution < -0.4 is 10.0 Å². The number of halogens is 1. The zero-order valence-corrected chi connectivity index (χ0v) is 11.7. The molecule has 2 aromatic rings. The lowest BCUT2D eigenvalue weighted by molar-refractivity contribution is 0.587. The van der Waals surface area contributed by atoms with Gasteiger partial charge in [-0.2, -0.15) is 5.10 Å². The molecule has 1 heterocycles. The third-order valence-corrected chi connectivity index (χ3v) is 4.02. The number of H-pyrrole nitrogens is 1. The molecule has 108 valence electrons. The summed E-state index contributed by atoms with van der Waals surface area (Å²) in [7, 11) is -3.75. The average molecular weight is 298 g/mol. The fourth-order valence-electron chi connectivity index (χ4n) is 1.63. The molecule has 0 fully saturated rings. The fraction of sp³-hybridized carbons (Fsp3) is 0.250. The molecule has 3 N–H and O–H groups in total. The van der Waals surface area contributed by atoms with Crippen molar-refractivity contribution in [2.45, 2.75) is 18.4 Å². The number of hydrogen-bond acceptors (Lipinski definition) is 4. The van der Waals surface area contributed by atoms with Gasteiger partial charge in [0.15, 0.2) is 0 Å². The molecule has 0 bridgehead atoms. The van der Waals surface area contributed by atoms with Crippen LogP contribution in [-0.4, -0.2) is 25.2 Å². The van der Waals surface area contributed by atoms with Crippen molar-refractivity contribution >= 4 is 15.7 Å². The average Bonchev–Trinajstić information content (AvgIpc) is 2.89. The van der Waals surface area contributed by atoms with E-state index in [-0.39, 0.29) is 11.4 Å². The van der Waals surface area contributed by atoms with E-state index in [1.54, 1.807) is 0 Å². The summed E-state index contributed by atoms with van der Waals surface area (Å²) in [6, 6.07) is 3.70. The molecular formula is C12H15FN4O2S. The van der Waals surface area contributed by atoms with E-state index < -0.39 is 15.8 Å². The number of nitrogens with zero attached hydrogens (tertiary/aromatic N) is 1. The quantitative estimate of drug-likeness (QED) is 0.753. The maximum Gasteiger partial charge on any atom is 0.262 e. The monoisotopic (exact) mass is 298 g/mol. The van der Waals surface area contributed by atoms with E-state index in [1.807, 2.05) is 6.92 Å². The topological polar surface area (TPSA) is 86.9 Å². The predicted octanol–water partition coefficient (Wildman–Crippen LogP) is 1.46. The zero-order chi connectivity index (χ0) is 14.6. The van der Waals surface area contributed by atoms with E-state index >= 15 is 0 Å². The lowest BCUT2D eigenvalue weighted by Gasteiger charge is -2.09.